The van der Waals surface area contributed by atoms with Crippen molar-refractivity contribution in [2.45, 2.75) is 20.3 Å². The van der Waals surface area contributed by atoms with Crippen LogP contribution in [0.1, 0.15) is 20.3 Å². The SMILES string of the molecule is CCC(C)CNc1cc(N)ncn1. The second kappa shape index (κ2) is 4.64. The predicted octanol–water partition coefficient (Wildman–Crippen LogP) is 1.52. The molecule has 0 bridgehead atoms. The summed E-state index contributed by atoms with van der Waals surface area (Å²) in [6, 6.07) is 1.74. The van der Waals surface area contributed by atoms with Gasteiger partial charge in [0, 0.05) is 12.6 Å². The minimum Gasteiger partial charge on any atom is -0.384 e. The Hall–Kier alpha value is -1.32. The lowest BCUT2D eigenvalue weighted by molar-refractivity contribution is 0.592. The van der Waals surface area contributed by atoms with Gasteiger partial charge in [0.2, 0.25) is 0 Å². The Morgan fingerprint density at radius 1 is 1.54 bits per heavy atom. The number of hydrogen-bond acceptors (Lipinski definition) is 4. The van der Waals surface area contributed by atoms with Crippen LogP contribution in [-0.4, -0.2) is 16.5 Å². The number of nitrogens with zero attached hydrogens (tertiary/aromatic N) is 2. The lowest BCUT2D eigenvalue weighted by Gasteiger charge is -2.10. The number of nitrogens with one attached hydrogen (secondary N) is 1. The van der Waals surface area contributed by atoms with Gasteiger partial charge in [-0.05, 0) is 5.92 Å². The maximum Gasteiger partial charge on any atom is 0.131 e. The summed E-state index contributed by atoms with van der Waals surface area (Å²) >= 11 is 0. The van der Waals surface area contributed by atoms with Crippen LogP contribution in [0.25, 0.3) is 0 Å². The smallest absolute Gasteiger partial charge is 0.131 e. The average Bonchev–Trinajstić information content (AvgIpc) is 2.14. The minimum atomic E-state index is 0.502. The Balaban J connectivity index is 2.45. The molecule has 72 valence electrons. The molecule has 0 aliphatic heterocycles. The normalized spacial score (nSPS) is 12.5. The van der Waals surface area contributed by atoms with Gasteiger partial charge in [0.25, 0.3) is 0 Å². The summed E-state index contributed by atoms with van der Waals surface area (Å²) in [6.45, 7) is 5.28. The van der Waals surface area contributed by atoms with Crippen molar-refractivity contribution in [3.63, 3.8) is 0 Å². The van der Waals surface area contributed by atoms with Crippen LogP contribution in [0, 0.1) is 5.92 Å². The van der Waals surface area contributed by atoms with E-state index in [1.807, 2.05) is 0 Å². The van der Waals surface area contributed by atoms with Crippen molar-refractivity contribution in [1.29, 1.82) is 0 Å². The molecular weight excluding hydrogens is 164 g/mol. The van der Waals surface area contributed by atoms with E-state index in [1.165, 1.54) is 6.33 Å². The molecule has 1 aromatic heterocycles. The van der Waals surface area contributed by atoms with Crippen molar-refractivity contribution in [3.8, 4) is 0 Å². The zero-order valence-electron chi connectivity index (χ0n) is 8.12. The molecule has 0 saturated carbocycles. The molecule has 1 heterocycles. The molecule has 0 radical (unpaired) electrons. The molecular formula is C9H16N4. The number of aromatic nitrogens is 2. The number of nitrogen functional groups attached to an aromatic ring is 1. The van der Waals surface area contributed by atoms with E-state index >= 15 is 0 Å². The summed E-state index contributed by atoms with van der Waals surface area (Å²) in [4.78, 5) is 7.86. The Bertz CT molecular complexity index is 262. The molecule has 13 heavy (non-hydrogen) atoms. The summed E-state index contributed by atoms with van der Waals surface area (Å²) < 4.78 is 0. The van der Waals surface area contributed by atoms with Crippen LogP contribution in [0.2, 0.25) is 0 Å². The van der Waals surface area contributed by atoms with Crippen LogP contribution < -0.4 is 11.1 Å². The van der Waals surface area contributed by atoms with Crippen LogP contribution >= 0.6 is 0 Å². The molecule has 0 amide bonds. The summed E-state index contributed by atoms with van der Waals surface area (Å²) in [7, 11) is 0. The van der Waals surface area contributed by atoms with E-state index in [4.69, 9.17) is 5.73 Å². The quantitative estimate of drug-likeness (QED) is 0.737. The van der Waals surface area contributed by atoms with Crippen LogP contribution in [0.3, 0.4) is 0 Å². The summed E-state index contributed by atoms with van der Waals surface area (Å²) in [5, 5.41) is 3.21. The number of rotatable bonds is 4. The van der Waals surface area contributed by atoms with Gasteiger partial charge in [0.05, 0.1) is 0 Å². The lowest BCUT2D eigenvalue weighted by Crippen LogP contribution is -2.11. The Kier molecular flexibility index (Phi) is 3.49. The number of hydrogen-bond donors (Lipinski definition) is 2. The standard InChI is InChI=1S/C9H16N4/c1-3-7(2)5-11-9-4-8(10)12-6-13-9/h4,6-7H,3,5H2,1-2H3,(H3,10,11,12,13). The van der Waals surface area contributed by atoms with Crippen LogP contribution in [-0.2, 0) is 0 Å². The second-order valence-electron chi connectivity index (χ2n) is 3.22. The zero-order valence-corrected chi connectivity index (χ0v) is 8.12. The maximum atomic E-state index is 5.51. The third kappa shape index (κ3) is 3.27. The van der Waals surface area contributed by atoms with E-state index in [1.54, 1.807) is 6.07 Å². The first kappa shape index (κ1) is 9.77. The molecule has 3 N–H and O–H groups in total. The van der Waals surface area contributed by atoms with Crippen LogP contribution in [0.5, 0.6) is 0 Å². The van der Waals surface area contributed by atoms with Crippen molar-refractivity contribution in [2.24, 2.45) is 5.92 Å². The van der Waals surface area contributed by atoms with Crippen molar-refractivity contribution in [2.75, 3.05) is 17.6 Å². The highest BCUT2D eigenvalue weighted by molar-refractivity contribution is 5.43. The highest BCUT2D eigenvalue weighted by atomic mass is 15.0. The van der Waals surface area contributed by atoms with Gasteiger partial charge in [-0.25, -0.2) is 9.97 Å². The van der Waals surface area contributed by atoms with Gasteiger partial charge in [0.15, 0.2) is 0 Å². The van der Waals surface area contributed by atoms with E-state index in [-0.39, 0.29) is 0 Å². The van der Waals surface area contributed by atoms with Gasteiger partial charge in [-0.2, -0.15) is 0 Å². The molecule has 4 nitrogen and oxygen atoms in total. The van der Waals surface area contributed by atoms with Crippen molar-refractivity contribution in [3.05, 3.63) is 12.4 Å². The van der Waals surface area contributed by atoms with E-state index in [9.17, 15) is 0 Å². The largest absolute Gasteiger partial charge is 0.384 e. The van der Waals surface area contributed by atoms with Gasteiger partial charge in [-0.15, -0.1) is 0 Å². The van der Waals surface area contributed by atoms with Crippen molar-refractivity contribution >= 4 is 11.6 Å². The predicted molar refractivity (Wildman–Crippen MR) is 54.4 cm³/mol. The Labute approximate surface area is 78.6 Å². The first-order valence-corrected chi connectivity index (χ1v) is 4.53. The molecule has 0 fully saturated rings. The van der Waals surface area contributed by atoms with Gasteiger partial charge >= 0.3 is 0 Å². The summed E-state index contributed by atoms with van der Waals surface area (Å²) in [6.07, 6.45) is 2.63. The molecule has 0 spiro atoms. The second-order valence-corrected chi connectivity index (χ2v) is 3.22. The molecule has 1 rings (SSSR count). The molecule has 4 heteroatoms. The first-order valence-electron chi connectivity index (χ1n) is 4.53. The van der Waals surface area contributed by atoms with Gasteiger partial charge in [0.1, 0.15) is 18.0 Å². The van der Waals surface area contributed by atoms with Gasteiger partial charge in [-0.1, -0.05) is 20.3 Å². The van der Waals surface area contributed by atoms with Crippen LogP contribution in [0.4, 0.5) is 11.6 Å². The van der Waals surface area contributed by atoms with Crippen molar-refractivity contribution < 1.29 is 0 Å². The Morgan fingerprint density at radius 3 is 2.92 bits per heavy atom. The van der Waals surface area contributed by atoms with E-state index < -0.39 is 0 Å². The first-order chi connectivity index (χ1) is 6.22. The van der Waals surface area contributed by atoms with Crippen LogP contribution in [0.15, 0.2) is 12.4 Å². The highest BCUT2D eigenvalue weighted by Gasteiger charge is 1.99. The highest BCUT2D eigenvalue weighted by Crippen LogP contribution is 2.07. The number of anilines is 2. The third-order valence-electron chi connectivity index (χ3n) is 2.02. The summed E-state index contributed by atoms with van der Waals surface area (Å²) in [5.74, 6) is 1.95. The lowest BCUT2D eigenvalue weighted by atomic mass is 10.1. The molecule has 1 atom stereocenters. The summed E-state index contributed by atoms with van der Waals surface area (Å²) in [5.41, 5.74) is 5.51. The van der Waals surface area contributed by atoms with E-state index in [0.717, 1.165) is 18.8 Å². The fourth-order valence-electron chi connectivity index (χ4n) is 0.892. The van der Waals surface area contributed by atoms with E-state index in [2.05, 4.69) is 29.1 Å². The topological polar surface area (TPSA) is 63.8 Å². The van der Waals surface area contributed by atoms with Gasteiger partial charge in [-0.3, -0.25) is 0 Å². The third-order valence-corrected chi connectivity index (χ3v) is 2.02. The molecule has 0 aromatic carbocycles. The van der Waals surface area contributed by atoms with Gasteiger partial charge < -0.3 is 11.1 Å². The monoisotopic (exact) mass is 180 g/mol. The van der Waals surface area contributed by atoms with Crippen molar-refractivity contribution in [1.82, 2.24) is 9.97 Å². The average molecular weight is 180 g/mol. The molecule has 0 aliphatic rings. The zero-order chi connectivity index (χ0) is 9.68. The molecule has 1 aromatic rings. The molecule has 0 saturated heterocycles. The molecule has 0 aliphatic carbocycles. The fourth-order valence-corrected chi connectivity index (χ4v) is 0.892. The number of nitrogens with two attached hydrogens (primary N) is 1. The Morgan fingerprint density at radius 2 is 2.31 bits per heavy atom. The molecule has 1 unspecified atom stereocenters. The fraction of sp³-hybridized carbons (Fsp3) is 0.556. The minimum absolute atomic E-state index is 0.502. The maximum absolute atomic E-state index is 5.51. The van der Waals surface area contributed by atoms with E-state index in [0.29, 0.717) is 11.7 Å².